The molecule has 0 aromatic heterocycles. The van der Waals surface area contributed by atoms with Crippen LogP contribution in [0.5, 0.6) is 0 Å². The highest BCUT2D eigenvalue weighted by atomic mass is 79.9. The van der Waals surface area contributed by atoms with Crippen molar-refractivity contribution in [1.82, 2.24) is 4.81 Å². The molecule has 2 rings (SSSR count). The molecule has 2 aliphatic rings. The summed E-state index contributed by atoms with van der Waals surface area (Å²) in [5.41, 5.74) is 6.63. The number of hydrogen-bond donors (Lipinski definition) is 1. The third kappa shape index (κ3) is 1.51. The first-order chi connectivity index (χ1) is 6.20. The van der Waals surface area contributed by atoms with Crippen LogP contribution in [0, 0.1) is 0 Å². The van der Waals surface area contributed by atoms with E-state index in [0.717, 1.165) is 14.6 Å². The second-order valence-corrected chi connectivity index (χ2v) is 4.57. The maximum absolute atomic E-state index is 5.86. The van der Waals surface area contributed by atoms with Gasteiger partial charge in [-0.25, -0.2) is 0 Å². The monoisotopic (exact) mass is 300 g/mol. The Labute approximate surface area is 94.2 Å². The van der Waals surface area contributed by atoms with Crippen LogP contribution in [0.15, 0.2) is 45.1 Å². The van der Waals surface area contributed by atoms with E-state index in [4.69, 9.17) is 5.73 Å². The van der Waals surface area contributed by atoms with Gasteiger partial charge >= 0.3 is 6.85 Å². The highest BCUT2D eigenvalue weighted by molar-refractivity contribution is 9.12. The summed E-state index contributed by atoms with van der Waals surface area (Å²) in [6.45, 7) is 0.214. The van der Waals surface area contributed by atoms with E-state index in [2.05, 4.69) is 42.6 Å². The minimum absolute atomic E-state index is 0.214. The molecule has 0 atom stereocenters. The quantitative estimate of drug-likeness (QED) is 0.696. The molecule has 0 unspecified atom stereocenters. The van der Waals surface area contributed by atoms with Gasteiger partial charge in [-0.05, 0) is 28.2 Å². The Morgan fingerprint density at radius 3 is 2.85 bits per heavy atom. The van der Waals surface area contributed by atoms with Crippen LogP contribution >= 0.6 is 31.9 Å². The normalized spacial score (nSPS) is 20.6. The molecule has 2 N–H and O–H groups in total. The number of fused-ring (bicyclic) bond motifs is 1. The van der Waals surface area contributed by atoms with Crippen LogP contribution in [-0.2, 0) is 0 Å². The van der Waals surface area contributed by atoms with E-state index in [1.165, 1.54) is 0 Å². The molecule has 13 heavy (non-hydrogen) atoms. The van der Waals surface area contributed by atoms with E-state index in [0.29, 0.717) is 0 Å². The molecular weight excluding hydrogens is 295 g/mol. The van der Waals surface area contributed by atoms with Gasteiger partial charge in [0.1, 0.15) is 0 Å². The molecule has 0 aromatic rings. The fourth-order valence-electron chi connectivity index (χ4n) is 1.32. The van der Waals surface area contributed by atoms with Gasteiger partial charge in [0.15, 0.2) is 0 Å². The Bertz CT molecular complexity index is 357. The first-order valence-corrected chi connectivity index (χ1v) is 5.44. The molecule has 0 fully saturated rings. The fraction of sp³-hybridized carbons (Fsp3) is 0. The largest absolute Gasteiger partial charge is 0.398 e. The lowest BCUT2D eigenvalue weighted by molar-refractivity contribution is 0.783. The lowest BCUT2D eigenvalue weighted by Crippen LogP contribution is -2.36. The lowest BCUT2D eigenvalue weighted by atomic mass is 9.58. The molecule has 0 aromatic carbocycles. The van der Waals surface area contributed by atoms with Crippen molar-refractivity contribution in [2.24, 2.45) is 5.73 Å². The Kier molecular flexibility index (Phi) is 2.38. The van der Waals surface area contributed by atoms with Crippen LogP contribution in [0.25, 0.3) is 0 Å². The van der Waals surface area contributed by atoms with Crippen LogP contribution in [0.1, 0.15) is 0 Å². The summed E-state index contributed by atoms with van der Waals surface area (Å²) in [4.78, 5) is 2.09. The van der Waals surface area contributed by atoms with Crippen LogP contribution in [-0.4, -0.2) is 11.7 Å². The summed E-state index contributed by atoms with van der Waals surface area (Å²) in [6, 6.07) is 0. The van der Waals surface area contributed by atoms with Gasteiger partial charge in [-0.2, -0.15) is 0 Å². The Morgan fingerprint density at radius 1 is 1.31 bits per heavy atom. The number of halogens is 2. The van der Waals surface area contributed by atoms with Gasteiger partial charge in [0.25, 0.3) is 0 Å². The zero-order valence-corrected chi connectivity index (χ0v) is 9.92. The van der Waals surface area contributed by atoms with Crippen LogP contribution in [0.2, 0.25) is 0 Å². The lowest BCUT2D eigenvalue weighted by Gasteiger charge is -2.29. The third-order valence-electron chi connectivity index (χ3n) is 2.02. The minimum atomic E-state index is 0.214. The van der Waals surface area contributed by atoms with Crippen molar-refractivity contribution in [2.75, 3.05) is 0 Å². The van der Waals surface area contributed by atoms with Gasteiger partial charge in [-0.15, -0.1) is 0 Å². The summed E-state index contributed by atoms with van der Waals surface area (Å²) in [5.74, 6) is 2.09. The molecule has 0 aliphatic carbocycles. The van der Waals surface area contributed by atoms with Crippen LogP contribution in [0.4, 0.5) is 0 Å². The summed E-state index contributed by atoms with van der Waals surface area (Å²) in [7, 11) is 0. The van der Waals surface area contributed by atoms with Gasteiger partial charge in [-0.3, -0.25) is 0 Å². The average Bonchev–Trinajstić information content (AvgIpc) is 2.15. The Balaban J connectivity index is 2.43. The zero-order chi connectivity index (χ0) is 9.42. The van der Waals surface area contributed by atoms with Gasteiger partial charge < -0.3 is 10.5 Å². The third-order valence-corrected chi connectivity index (χ3v) is 3.55. The molecule has 2 aliphatic heterocycles. The van der Waals surface area contributed by atoms with Gasteiger partial charge in [0.05, 0.1) is 10.2 Å². The molecule has 2 nitrogen and oxygen atoms in total. The summed E-state index contributed by atoms with van der Waals surface area (Å²) < 4.78 is 1.91. The highest BCUT2D eigenvalue weighted by Crippen LogP contribution is 2.30. The number of allylic oxidation sites excluding steroid dienone is 3. The van der Waals surface area contributed by atoms with Crippen molar-refractivity contribution in [3.8, 4) is 0 Å². The summed E-state index contributed by atoms with van der Waals surface area (Å²) >= 11 is 6.90. The standard InChI is InChI=1S/C8H7BBr2N2/c10-6-5-13-4-2-1-3-9(13)8(11)7(6)12/h1-5H,12H2. The predicted octanol–water partition coefficient (Wildman–Crippen LogP) is 2.26. The summed E-state index contributed by atoms with van der Waals surface area (Å²) in [6.07, 6.45) is 8.00. The van der Waals surface area contributed by atoms with Gasteiger partial charge in [0.2, 0.25) is 0 Å². The second kappa shape index (κ2) is 3.38. The van der Waals surface area contributed by atoms with E-state index < -0.39 is 0 Å². The van der Waals surface area contributed by atoms with Crippen molar-refractivity contribution in [3.63, 3.8) is 0 Å². The summed E-state index contributed by atoms with van der Waals surface area (Å²) in [5, 5.41) is 0. The zero-order valence-electron chi connectivity index (χ0n) is 6.74. The molecule has 5 heteroatoms. The predicted molar refractivity (Wildman–Crippen MR) is 63.0 cm³/mol. The molecule has 0 bridgehead atoms. The molecule has 0 saturated heterocycles. The SMILES string of the molecule is NC1=C(Br)B2C=CC=CN2C=C1Br. The molecule has 0 saturated carbocycles. The van der Waals surface area contributed by atoms with Gasteiger partial charge in [0, 0.05) is 10.6 Å². The van der Waals surface area contributed by atoms with E-state index in [1.807, 2.05) is 24.6 Å². The maximum atomic E-state index is 5.86. The number of nitrogens with zero attached hydrogens (tertiary/aromatic N) is 1. The smallest absolute Gasteiger partial charge is 0.329 e. The van der Waals surface area contributed by atoms with E-state index >= 15 is 0 Å². The topological polar surface area (TPSA) is 29.3 Å². The molecule has 0 spiro atoms. The van der Waals surface area contributed by atoms with E-state index in [9.17, 15) is 0 Å². The molecule has 0 radical (unpaired) electrons. The number of rotatable bonds is 0. The average molecular weight is 302 g/mol. The second-order valence-electron chi connectivity index (χ2n) is 2.86. The minimum Gasteiger partial charge on any atom is -0.398 e. The van der Waals surface area contributed by atoms with Crippen LogP contribution in [0.3, 0.4) is 0 Å². The maximum Gasteiger partial charge on any atom is 0.329 e. The van der Waals surface area contributed by atoms with E-state index in [1.54, 1.807) is 0 Å². The van der Waals surface area contributed by atoms with Gasteiger partial charge in [-0.1, -0.05) is 28.0 Å². The highest BCUT2D eigenvalue weighted by Gasteiger charge is 2.28. The van der Waals surface area contributed by atoms with Crippen molar-refractivity contribution in [3.05, 3.63) is 45.1 Å². The molecule has 0 amide bonds. The van der Waals surface area contributed by atoms with Crippen molar-refractivity contribution >= 4 is 38.7 Å². The van der Waals surface area contributed by atoms with E-state index in [-0.39, 0.29) is 6.85 Å². The first-order valence-electron chi connectivity index (χ1n) is 3.85. The number of hydrogen-bond acceptors (Lipinski definition) is 2. The first kappa shape index (κ1) is 9.15. The molecule has 66 valence electrons. The Morgan fingerprint density at radius 2 is 2.08 bits per heavy atom. The van der Waals surface area contributed by atoms with Crippen molar-refractivity contribution in [2.45, 2.75) is 0 Å². The fourth-order valence-corrected chi connectivity index (χ4v) is 2.64. The van der Waals surface area contributed by atoms with Crippen LogP contribution < -0.4 is 5.73 Å². The Hall–Kier alpha value is -0.415. The molecule has 2 heterocycles. The number of nitrogens with two attached hydrogens (primary N) is 1. The van der Waals surface area contributed by atoms with Crippen molar-refractivity contribution in [1.29, 1.82) is 0 Å². The molecular formula is C8H7BBr2N2. The van der Waals surface area contributed by atoms with Crippen molar-refractivity contribution < 1.29 is 0 Å².